The lowest BCUT2D eigenvalue weighted by Gasteiger charge is -2.12. The van der Waals surface area contributed by atoms with Gasteiger partial charge in [0.05, 0.1) is 0 Å². The summed E-state index contributed by atoms with van der Waals surface area (Å²) in [5, 5.41) is 19.0. The highest BCUT2D eigenvalue weighted by Gasteiger charge is 2.09. The monoisotopic (exact) mass is 207 g/mol. The number of rotatable bonds is 4. The normalized spacial score (nSPS) is 10.1. The van der Waals surface area contributed by atoms with E-state index in [1.807, 2.05) is 13.8 Å². The predicted molar refractivity (Wildman–Crippen MR) is 57.8 cm³/mol. The summed E-state index contributed by atoms with van der Waals surface area (Å²) in [5.41, 5.74) is 1.17. The van der Waals surface area contributed by atoms with Gasteiger partial charge in [0.15, 0.2) is 0 Å². The average molecular weight is 207 g/mol. The molecule has 0 amide bonds. The molecule has 5 nitrogen and oxygen atoms in total. The largest absolute Gasteiger partial charge is 0.477 e. The molecule has 0 spiro atoms. The number of nitrogens with one attached hydrogen (secondary N) is 2. The van der Waals surface area contributed by atoms with E-state index in [9.17, 15) is 4.79 Å². The molecule has 0 aliphatic heterocycles. The van der Waals surface area contributed by atoms with Crippen LogP contribution in [0.4, 0.5) is 5.69 Å². The van der Waals surface area contributed by atoms with Gasteiger partial charge in [0.25, 0.3) is 0 Å². The van der Waals surface area contributed by atoms with E-state index in [2.05, 4.69) is 10.3 Å². The van der Waals surface area contributed by atoms with Gasteiger partial charge in [0, 0.05) is 29.7 Å². The molecule has 1 heterocycles. The number of carboxylic acids is 1. The van der Waals surface area contributed by atoms with Crippen LogP contribution in [-0.4, -0.2) is 28.3 Å². The summed E-state index contributed by atoms with van der Waals surface area (Å²) in [7, 11) is 0. The van der Waals surface area contributed by atoms with Crippen molar-refractivity contribution in [3.63, 3.8) is 0 Å². The lowest BCUT2D eigenvalue weighted by atomic mass is 10.2. The van der Waals surface area contributed by atoms with Crippen LogP contribution in [0.3, 0.4) is 0 Å². The number of anilines is 1. The summed E-state index contributed by atoms with van der Waals surface area (Å²) in [4.78, 5) is 14.4. The first kappa shape index (κ1) is 11.2. The van der Waals surface area contributed by atoms with Gasteiger partial charge in [-0.25, -0.2) is 9.78 Å². The smallest absolute Gasteiger partial charge is 0.354 e. The molecule has 3 N–H and O–H groups in total. The zero-order chi connectivity index (χ0) is 11.4. The maximum absolute atomic E-state index is 10.7. The van der Waals surface area contributed by atoms with Crippen molar-refractivity contribution in [2.24, 2.45) is 0 Å². The molecule has 0 bridgehead atoms. The van der Waals surface area contributed by atoms with Gasteiger partial charge < -0.3 is 15.8 Å². The van der Waals surface area contributed by atoms with Gasteiger partial charge in [-0.2, -0.15) is 0 Å². The van der Waals surface area contributed by atoms with Gasteiger partial charge in [0.1, 0.15) is 5.69 Å². The van der Waals surface area contributed by atoms with Crippen molar-refractivity contribution >= 4 is 17.9 Å². The fourth-order valence-electron chi connectivity index (χ4n) is 1.13. The van der Waals surface area contributed by atoms with E-state index in [0.29, 0.717) is 11.3 Å². The molecule has 15 heavy (non-hydrogen) atoms. The van der Waals surface area contributed by atoms with E-state index in [0.717, 1.165) is 6.21 Å². The molecule has 0 aliphatic carbocycles. The molecule has 1 aromatic heterocycles. The van der Waals surface area contributed by atoms with E-state index in [-0.39, 0.29) is 11.7 Å². The fourth-order valence-corrected chi connectivity index (χ4v) is 1.13. The Hall–Kier alpha value is -1.91. The zero-order valence-corrected chi connectivity index (χ0v) is 8.61. The van der Waals surface area contributed by atoms with Crippen LogP contribution in [0.2, 0.25) is 0 Å². The first-order valence-electron chi connectivity index (χ1n) is 4.55. The van der Waals surface area contributed by atoms with Crippen molar-refractivity contribution in [3.8, 4) is 0 Å². The standard InChI is InChI=1S/C10H13N3O2/c1-6(2)13-8-3-9(10(14)15)12-5-7(8)4-11/h3-6,11H,1-2H3,(H,12,13)(H,14,15). The Morgan fingerprint density at radius 2 is 2.33 bits per heavy atom. The lowest BCUT2D eigenvalue weighted by molar-refractivity contribution is 0.0690. The molecule has 0 saturated carbocycles. The Kier molecular flexibility index (Phi) is 3.38. The molecular weight excluding hydrogens is 194 g/mol. The average Bonchev–Trinajstić information content (AvgIpc) is 2.16. The summed E-state index contributed by atoms with van der Waals surface area (Å²) in [5.74, 6) is -1.07. The zero-order valence-electron chi connectivity index (χ0n) is 8.61. The lowest BCUT2D eigenvalue weighted by Crippen LogP contribution is -2.13. The van der Waals surface area contributed by atoms with Crippen LogP contribution in [-0.2, 0) is 0 Å². The van der Waals surface area contributed by atoms with Gasteiger partial charge in [-0.15, -0.1) is 0 Å². The minimum absolute atomic E-state index is 0.0243. The highest BCUT2D eigenvalue weighted by Crippen LogP contribution is 2.15. The van der Waals surface area contributed by atoms with Crippen molar-refractivity contribution in [2.45, 2.75) is 19.9 Å². The molecule has 5 heteroatoms. The molecule has 0 aromatic carbocycles. The number of hydrogen-bond donors (Lipinski definition) is 3. The minimum Gasteiger partial charge on any atom is -0.477 e. The van der Waals surface area contributed by atoms with Gasteiger partial charge >= 0.3 is 5.97 Å². The summed E-state index contributed by atoms with van der Waals surface area (Å²) in [6.45, 7) is 3.88. The minimum atomic E-state index is -1.07. The van der Waals surface area contributed by atoms with Crippen molar-refractivity contribution in [1.82, 2.24) is 4.98 Å². The van der Waals surface area contributed by atoms with E-state index in [1.54, 1.807) is 0 Å². The fraction of sp³-hybridized carbons (Fsp3) is 0.300. The summed E-state index contributed by atoms with van der Waals surface area (Å²) in [6.07, 6.45) is 2.52. The van der Waals surface area contributed by atoms with Crippen molar-refractivity contribution < 1.29 is 9.90 Å². The molecule has 0 unspecified atom stereocenters. The van der Waals surface area contributed by atoms with Gasteiger partial charge in [-0.1, -0.05) is 0 Å². The molecule has 0 atom stereocenters. The van der Waals surface area contributed by atoms with Crippen molar-refractivity contribution in [1.29, 1.82) is 5.41 Å². The molecular formula is C10H13N3O2. The number of carboxylic acid groups (broad SMARTS) is 1. The van der Waals surface area contributed by atoms with Crippen LogP contribution < -0.4 is 5.32 Å². The van der Waals surface area contributed by atoms with Crippen LogP contribution in [0.5, 0.6) is 0 Å². The molecule has 0 fully saturated rings. The van der Waals surface area contributed by atoms with Crippen LogP contribution in [0, 0.1) is 5.41 Å². The Morgan fingerprint density at radius 1 is 1.67 bits per heavy atom. The number of aromatic nitrogens is 1. The topological polar surface area (TPSA) is 86.1 Å². The molecule has 0 radical (unpaired) electrons. The van der Waals surface area contributed by atoms with E-state index >= 15 is 0 Å². The molecule has 1 rings (SSSR count). The molecule has 0 saturated heterocycles. The van der Waals surface area contributed by atoms with Gasteiger partial charge in [-0.05, 0) is 19.9 Å². The van der Waals surface area contributed by atoms with Crippen LogP contribution >= 0.6 is 0 Å². The Morgan fingerprint density at radius 3 is 2.80 bits per heavy atom. The quantitative estimate of drug-likeness (QED) is 0.654. The molecule has 0 aliphatic rings. The summed E-state index contributed by atoms with van der Waals surface area (Å²) >= 11 is 0. The second-order valence-electron chi connectivity index (χ2n) is 3.41. The number of pyridine rings is 1. The number of nitrogens with zero attached hydrogens (tertiary/aromatic N) is 1. The maximum atomic E-state index is 10.7. The Balaban J connectivity index is 3.12. The van der Waals surface area contributed by atoms with Crippen molar-refractivity contribution in [3.05, 3.63) is 23.5 Å². The Labute approximate surface area is 87.7 Å². The predicted octanol–water partition coefficient (Wildman–Crippen LogP) is 1.60. The van der Waals surface area contributed by atoms with Crippen LogP contribution in [0.15, 0.2) is 12.3 Å². The maximum Gasteiger partial charge on any atom is 0.354 e. The van der Waals surface area contributed by atoms with E-state index < -0.39 is 5.97 Å². The summed E-state index contributed by atoms with van der Waals surface area (Å²) in [6, 6.07) is 1.61. The number of carbonyl (C=O) groups is 1. The second-order valence-corrected chi connectivity index (χ2v) is 3.41. The third kappa shape index (κ3) is 2.77. The first-order valence-corrected chi connectivity index (χ1v) is 4.55. The van der Waals surface area contributed by atoms with Gasteiger partial charge in [-0.3, -0.25) is 0 Å². The van der Waals surface area contributed by atoms with Crippen molar-refractivity contribution in [2.75, 3.05) is 5.32 Å². The summed E-state index contributed by atoms with van der Waals surface area (Å²) < 4.78 is 0. The van der Waals surface area contributed by atoms with E-state index in [1.165, 1.54) is 12.3 Å². The Bertz CT molecular complexity index is 388. The number of aromatic carboxylic acids is 1. The molecule has 80 valence electrons. The third-order valence-corrected chi connectivity index (χ3v) is 1.75. The van der Waals surface area contributed by atoms with Gasteiger partial charge in [0.2, 0.25) is 0 Å². The first-order chi connectivity index (χ1) is 7.04. The van der Waals surface area contributed by atoms with Crippen LogP contribution in [0.1, 0.15) is 29.9 Å². The highest BCUT2D eigenvalue weighted by atomic mass is 16.4. The third-order valence-electron chi connectivity index (χ3n) is 1.75. The van der Waals surface area contributed by atoms with E-state index in [4.69, 9.17) is 10.5 Å². The second kappa shape index (κ2) is 4.54. The number of hydrogen-bond acceptors (Lipinski definition) is 4. The van der Waals surface area contributed by atoms with Crippen LogP contribution in [0.25, 0.3) is 0 Å². The SMILES string of the molecule is CC(C)Nc1cc(C(=O)O)ncc1C=N. The molecule has 1 aromatic rings. The highest BCUT2D eigenvalue weighted by molar-refractivity contribution is 5.91.